The molecule has 0 unspecified atom stereocenters. The number of carbonyl (C=O) groups is 3. The molecule has 0 bridgehead atoms. The van der Waals surface area contributed by atoms with Gasteiger partial charge in [-0.05, 0) is 0 Å². The predicted octanol–water partition coefficient (Wildman–Crippen LogP) is 3.40. The molecule has 0 fully saturated rings. The van der Waals surface area contributed by atoms with Gasteiger partial charge in [-0.25, -0.2) is 0 Å². The number of carbonyl (C=O) groups excluding carboxylic acids is 3. The Morgan fingerprint density at radius 1 is 1.10 bits per heavy atom. The molecule has 7 nitrogen and oxygen atoms in total. The van der Waals surface area contributed by atoms with Crippen molar-refractivity contribution in [1.82, 2.24) is 5.32 Å². The number of amidine groups is 1. The zero-order valence-corrected chi connectivity index (χ0v) is 19.3. The molecule has 2 rings (SSSR count). The van der Waals surface area contributed by atoms with Gasteiger partial charge in [0.05, 0.1) is 0 Å². The quantitative estimate of drug-likeness (QED) is 0.210. The van der Waals surface area contributed by atoms with Gasteiger partial charge in [0.1, 0.15) is 0 Å². The second-order valence-electron chi connectivity index (χ2n) is 5.83. The first-order chi connectivity index (χ1) is 14.4. The molecule has 0 saturated heterocycles. The molecule has 1 heterocycles. The molecule has 1 N–H and O–H groups in total. The van der Waals surface area contributed by atoms with Crippen molar-refractivity contribution in [1.29, 1.82) is 0 Å². The molecule has 0 saturated carbocycles. The van der Waals surface area contributed by atoms with Gasteiger partial charge in [-0.2, -0.15) is 0 Å². The maximum absolute atomic E-state index is 12.4. The molecule has 9 heteroatoms. The van der Waals surface area contributed by atoms with Crippen LogP contribution in [0.1, 0.15) is 45.0 Å². The van der Waals surface area contributed by atoms with Crippen molar-refractivity contribution < 1.29 is 23.9 Å². The number of rotatable bonds is 7. The monoisotopic (exact) mass is 493 g/mol. The fourth-order valence-corrected chi connectivity index (χ4v) is 4.01. The molecule has 0 aliphatic carbocycles. The van der Waals surface area contributed by atoms with E-state index in [1.54, 1.807) is 26.8 Å². The number of thiophene rings is 1. The average Bonchev–Trinajstić information content (AvgIpc) is 3.03. The van der Waals surface area contributed by atoms with Crippen molar-refractivity contribution in [3.8, 4) is 0 Å². The van der Waals surface area contributed by atoms with E-state index >= 15 is 0 Å². The van der Waals surface area contributed by atoms with Crippen LogP contribution >= 0.6 is 11.3 Å². The van der Waals surface area contributed by atoms with E-state index in [0.717, 1.165) is 16.9 Å². The molecular formula is C21H21N2O5SSe. The van der Waals surface area contributed by atoms with Crippen LogP contribution in [-0.4, -0.2) is 51.8 Å². The van der Waals surface area contributed by atoms with Gasteiger partial charge in [-0.1, -0.05) is 0 Å². The molecule has 0 spiro atoms. The number of aliphatic imine (C=N–C) groups is 1. The van der Waals surface area contributed by atoms with Crippen LogP contribution in [0.5, 0.6) is 0 Å². The molecule has 1 aromatic carbocycles. The van der Waals surface area contributed by atoms with Crippen molar-refractivity contribution >= 4 is 61.0 Å². The SMILES string of the molecule is CCOC(=O)c1sc(/N=C(\[Se])NC(=O)/C=C/c2ccccc2)c(C(=O)OCC)c1C. The standard InChI is InChI=1S/C21H21N2O5SSe/c1-4-27-19(25)16-13(3)17(20(26)28-5-2)29-18(16)23-21(30)22-15(24)12-11-14-9-7-6-8-10-14/h6-12H,4-5H2,1-3H3,(H,22,23,24)/b12-11+. The fourth-order valence-electron chi connectivity index (χ4n) is 2.42. The number of ether oxygens (including phenoxy) is 2. The van der Waals surface area contributed by atoms with Crippen LogP contribution in [-0.2, 0) is 14.3 Å². The average molecular weight is 492 g/mol. The molecule has 0 aliphatic heterocycles. The number of hydrogen-bond donors (Lipinski definition) is 1. The van der Waals surface area contributed by atoms with Crippen LogP contribution < -0.4 is 5.32 Å². The molecule has 0 atom stereocenters. The molecule has 2 aromatic rings. The summed E-state index contributed by atoms with van der Waals surface area (Å²) in [7, 11) is 0. The van der Waals surface area contributed by atoms with Gasteiger partial charge >= 0.3 is 187 Å². The Balaban J connectivity index is 2.27. The summed E-state index contributed by atoms with van der Waals surface area (Å²) in [4.78, 5) is 41.3. The van der Waals surface area contributed by atoms with E-state index in [1.165, 1.54) is 6.08 Å². The van der Waals surface area contributed by atoms with Crippen LogP contribution in [0.25, 0.3) is 6.08 Å². The minimum absolute atomic E-state index is 0.153. The summed E-state index contributed by atoms with van der Waals surface area (Å²) in [6, 6.07) is 9.37. The van der Waals surface area contributed by atoms with E-state index in [1.807, 2.05) is 30.3 Å². The summed E-state index contributed by atoms with van der Waals surface area (Å²) < 4.78 is 10.3. The fraction of sp³-hybridized carbons (Fsp3) is 0.238. The number of nitrogens with zero attached hydrogens (tertiary/aromatic N) is 1. The summed E-state index contributed by atoms with van der Waals surface area (Å²) in [6.07, 6.45) is 3.04. The van der Waals surface area contributed by atoms with Crippen LogP contribution in [0.15, 0.2) is 41.4 Å². The van der Waals surface area contributed by atoms with Crippen molar-refractivity contribution in [2.45, 2.75) is 20.8 Å². The Hall–Kier alpha value is -2.74. The van der Waals surface area contributed by atoms with Crippen LogP contribution in [0.4, 0.5) is 5.00 Å². The van der Waals surface area contributed by atoms with Gasteiger partial charge < -0.3 is 0 Å². The van der Waals surface area contributed by atoms with E-state index in [9.17, 15) is 14.4 Å². The van der Waals surface area contributed by atoms with Crippen molar-refractivity contribution in [3.05, 3.63) is 58.0 Å². The van der Waals surface area contributed by atoms with Gasteiger partial charge in [0.15, 0.2) is 0 Å². The van der Waals surface area contributed by atoms with E-state index in [0.29, 0.717) is 5.56 Å². The first kappa shape index (κ1) is 23.5. The first-order valence-corrected chi connectivity index (χ1v) is 10.8. The summed E-state index contributed by atoms with van der Waals surface area (Å²) in [6.45, 7) is 5.41. The Kier molecular flexibility index (Phi) is 8.98. The Morgan fingerprint density at radius 3 is 2.37 bits per heavy atom. The Bertz CT molecular complexity index is 983. The zero-order chi connectivity index (χ0) is 22.1. The number of benzene rings is 1. The Morgan fingerprint density at radius 2 is 1.73 bits per heavy atom. The summed E-state index contributed by atoms with van der Waals surface area (Å²) in [5.41, 5.74) is 1.48. The first-order valence-electron chi connectivity index (χ1n) is 9.14. The second-order valence-corrected chi connectivity index (χ2v) is 7.64. The summed E-state index contributed by atoms with van der Waals surface area (Å²) in [5.74, 6) is -1.53. The van der Waals surface area contributed by atoms with Crippen LogP contribution in [0, 0.1) is 6.92 Å². The van der Waals surface area contributed by atoms with E-state index in [4.69, 9.17) is 9.47 Å². The molecule has 1 radical (unpaired) electrons. The molecule has 30 heavy (non-hydrogen) atoms. The number of amides is 1. The predicted molar refractivity (Wildman–Crippen MR) is 117 cm³/mol. The van der Waals surface area contributed by atoms with Gasteiger partial charge in [-0.3, -0.25) is 0 Å². The third kappa shape index (κ3) is 6.38. The van der Waals surface area contributed by atoms with Gasteiger partial charge in [0.25, 0.3) is 0 Å². The van der Waals surface area contributed by atoms with Crippen molar-refractivity contribution in [2.75, 3.05) is 13.2 Å². The van der Waals surface area contributed by atoms with E-state index in [2.05, 4.69) is 26.3 Å². The zero-order valence-electron chi connectivity index (χ0n) is 16.8. The van der Waals surface area contributed by atoms with Crippen molar-refractivity contribution in [3.63, 3.8) is 0 Å². The summed E-state index contributed by atoms with van der Waals surface area (Å²) in [5, 5.41) is 2.83. The van der Waals surface area contributed by atoms with Crippen LogP contribution in [0.2, 0.25) is 0 Å². The Labute approximate surface area is 187 Å². The molecule has 0 aliphatic rings. The second kappa shape index (κ2) is 11.4. The molecule has 1 amide bonds. The third-order valence-corrected chi connectivity index (χ3v) is 5.30. The van der Waals surface area contributed by atoms with Crippen LogP contribution in [0.3, 0.4) is 0 Å². The van der Waals surface area contributed by atoms with Crippen molar-refractivity contribution in [2.24, 2.45) is 4.99 Å². The third-order valence-electron chi connectivity index (χ3n) is 3.73. The van der Waals surface area contributed by atoms with Gasteiger partial charge in [0, 0.05) is 0 Å². The van der Waals surface area contributed by atoms with Gasteiger partial charge in [0.2, 0.25) is 0 Å². The van der Waals surface area contributed by atoms with E-state index < -0.39 is 17.8 Å². The number of hydrogen-bond acceptors (Lipinski definition) is 7. The normalized spacial score (nSPS) is 11.4. The minimum atomic E-state index is -0.594. The maximum atomic E-state index is 12.4. The number of nitrogens with one attached hydrogen (secondary N) is 1. The van der Waals surface area contributed by atoms with E-state index in [-0.39, 0.29) is 33.4 Å². The molecule has 157 valence electrons. The van der Waals surface area contributed by atoms with Gasteiger partial charge in [-0.15, -0.1) is 0 Å². The number of esters is 2. The topological polar surface area (TPSA) is 94.1 Å². The summed E-state index contributed by atoms with van der Waals surface area (Å²) >= 11 is 3.66. The molecule has 1 aromatic heterocycles. The molecular weight excluding hydrogens is 471 g/mol.